The molecule has 0 saturated heterocycles. The number of ether oxygens (including phenoxy) is 2. The lowest BCUT2D eigenvalue weighted by atomic mass is 10.0. The molecule has 0 aromatic heterocycles. The van der Waals surface area contributed by atoms with Crippen molar-refractivity contribution >= 4 is 21.6 Å². The number of nitrogens with zero attached hydrogens (tertiary/aromatic N) is 1. The molecule has 1 amide bonds. The van der Waals surface area contributed by atoms with Crippen LogP contribution in [-0.2, 0) is 23.0 Å². The zero-order valence-electron chi connectivity index (χ0n) is 18.0. The minimum absolute atomic E-state index is 0.105. The molecule has 0 fully saturated rings. The Kier molecular flexibility index (Phi) is 5.78. The van der Waals surface area contributed by atoms with Crippen molar-refractivity contribution in [1.82, 2.24) is 4.31 Å². The van der Waals surface area contributed by atoms with Crippen molar-refractivity contribution in [3.8, 4) is 11.5 Å². The fraction of sp³-hybridized carbons (Fsp3) is 0.240. The van der Waals surface area contributed by atoms with Crippen LogP contribution in [0.15, 0.2) is 71.6 Å². The number of fused-ring (bicyclic) bond motifs is 2. The number of sulfonamides is 1. The van der Waals surface area contributed by atoms with Crippen molar-refractivity contribution in [2.75, 3.05) is 25.1 Å². The molecule has 0 spiro atoms. The first-order valence-electron chi connectivity index (χ1n) is 10.9. The average Bonchev–Trinajstić information content (AvgIpc) is 3.09. The predicted octanol–water partition coefficient (Wildman–Crippen LogP) is 3.85. The summed E-state index contributed by atoms with van der Waals surface area (Å²) in [6.07, 6.45) is 1.46. The lowest BCUT2D eigenvalue weighted by Crippen LogP contribution is -2.36. The van der Waals surface area contributed by atoms with Crippen molar-refractivity contribution in [3.05, 3.63) is 83.4 Å². The van der Waals surface area contributed by atoms with E-state index in [0.29, 0.717) is 49.9 Å². The van der Waals surface area contributed by atoms with E-state index in [2.05, 4.69) is 5.32 Å². The number of amides is 1. The number of hydrogen-bond acceptors (Lipinski definition) is 5. The standard InChI is InChI=1S/C25H24N2O5S/c28-25(26-21-9-10-23-24(16-21)32-14-4-13-31-23)19-7-3-8-22(15-19)33(29,30)27-12-11-18-5-1-2-6-20(18)17-27/h1-3,5-10,15-16H,4,11-14,17H2,(H,26,28). The second kappa shape index (κ2) is 8.88. The summed E-state index contributed by atoms with van der Waals surface area (Å²) < 4.78 is 39.3. The van der Waals surface area contributed by atoms with Crippen LogP contribution in [0.2, 0.25) is 0 Å². The second-order valence-corrected chi connectivity index (χ2v) is 9.99. The molecule has 33 heavy (non-hydrogen) atoms. The Bertz CT molecular complexity index is 1310. The molecule has 0 atom stereocenters. The first kappa shape index (κ1) is 21.5. The summed E-state index contributed by atoms with van der Waals surface area (Å²) in [5, 5.41) is 2.82. The highest BCUT2D eigenvalue weighted by molar-refractivity contribution is 7.89. The molecule has 8 heteroatoms. The topological polar surface area (TPSA) is 84.9 Å². The van der Waals surface area contributed by atoms with Gasteiger partial charge in [-0.25, -0.2) is 8.42 Å². The first-order valence-corrected chi connectivity index (χ1v) is 12.3. The van der Waals surface area contributed by atoms with E-state index < -0.39 is 15.9 Å². The maximum Gasteiger partial charge on any atom is 0.255 e. The van der Waals surface area contributed by atoms with Gasteiger partial charge in [0.25, 0.3) is 5.91 Å². The third-order valence-corrected chi connectivity index (χ3v) is 7.68. The second-order valence-electron chi connectivity index (χ2n) is 8.05. The number of carbonyl (C=O) groups is 1. The van der Waals surface area contributed by atoms with Crippen LogP contribution in [-0.4, -0.2) is 38.4 Å². The smallest absolute Gasteiger partial charge is 0.255 e. The lowest BCUT2D eigenvalue weighted by molar-refractivity contribution is 0.102. The predicted molar refractivity (Wildman–Crippen MR) is 124 cm³/mol. The Hall–Kier alpha value is -3.36. The normalized spacial score (nSPS) is 15.9. The van der Waals surface area contributed by atoms with E-state index in [4.69, 9.17) is 9.47 Å². The highest BCUT2D eigenvalue weighted by Crippen LogP contribution is 2.32. The Morgan fingerprint density at radius 2 is 1.67 bits per heavy atom. The molecule has 0 unspecified atom stereocenters. The Balaban J connectivity index is 1.35. The molecule has 0 saturated carbocycles. The molecule has 3 aromatic carbocycles. The SMILES string of the molecule is O=C(Nc1ccc2c(c1)OCCCO2)c1cccc(S(=O)(=O)N2CCc3ccccc3C2)c1. The van der Waals surface area contributed by atoms with E-state index in [-0.39, 0.29) is 10.5 Å². The molecular formula is C25H24N2O5S. The molecule has 2 heterocycles. The van der Waals surface area contributed by atoms with Crippen LogP contribution < -0.4 is 14.8 Å². The minimum Gasteiger partial charge on any atom is -0.490 e. The van der Waals surface area contributed by atoms with E-state index >= 15 is 0 Å². The fourth-order valence-corrected chi connectivity index (χ4v) is 5.53. The van der Waals surface area contributed by atoms with Crippen LogP contribution in [0.1, 0.15) is 27.9 Å². The number of nitrogens with one attached hydrogen (secondary N) is 1. The summed E-state index contributed by atoms with van der Waals surface area (Å²) in [6, 6.07) is 19.2. The monoisotopic (exact) mass is 464 g/mol. The van der Waals surface area contributed by atoms with Gasteiger partial charge in [0.2, 0.25) is 10.0 Å². The molecule has 2 aliphatic rings. The third kappa shape index (κ3) is 4.44. The summed E-state index contributed by atoms with van der Waals surface area (Å²) in [4.78, 5) is 13.0. The summed E-state index contributed by atoms with van der Waals surface area (Å²) in [7, 11) is -3.73. The zero-order chi connectivity index (χ0) is 22.8. The first-order chi connectivity index (χ1) is 16.0. The summed E-state index contributed by atoms with van der Waals surface area (Å²) >= 11 is 0. The third-order valence-electron chi connectivity index (χ3n) is 5.84. The minimum atomic E-state index is -3.73. The molecule has 0 bridgehead atoms. The maximum absolute atomic E-state index is 13.3. The number of carbonyl (C=O) groups excluding carboxylic acids is 1. The zero-order valence-corrected chi connectivity index (χ0v) is 18.8. The number of anilines is 1. The number of rotatable bonds is 4. The molecule has 0 radical (unpaired) electrons. The number of hydrogen-bond donors (Lipinski definition) is 1. The van der Waals surface area contributed by atoms with Crippen LogP contribution in [0.3, 0.4) is 0 Å². The molecule has 3 aromatic rings. The van der Waals surface area contributed by atoms with Crippen molar-refractivity contribution in [2.45, 2.75) is 24.3 Å². The Morgan fingerprint density at radius 3 is 2.52 bits per heavy atom. The van der Waals surface area contributed by atoms with Crippen molar-refractivity contribution in [3.63, 3.8) is 0 Å². The average molecular weight is 465 g/mol. The highest BCUT2D eigenvalue weighted by atomic mass is 32.2. The lowest BCUT2D eigenvalue weighted by Gasteiger charge is -2.28. The van der Waals surface area contributed by atoms with Crippen molar-refractivity contribution in [2.24, 2.45) is 0 Å². The van der Waals surface area contributed by atoms with Crippen LogP contribution >= 0.6 is 0 Å². The van der Waals surface area contributed by atoms with Gasteiger partial charge >= 0.3 is 0 Å². The highest BCUT2D eigenvalue weighted by Gasteiger charge is 2.28. The molecule has 7 nitrogen and oxygen atoms in total. The summed E-state index contributed by atoms with van der Waals surface area (Å²) in [5.41, 5.74) is 2.99. The van der Waals surface area contributed by atoms with Gasteiger partial charge in [-0.15, -0.1) is 0 Å². The Morgan fingerprint density at radius 1 is 0.879 bits per heavy atom. The van der Waals surface area contributed by atoms with Gasteiger partial charge in [0.05, 0.1) is 18.1 Å². The molecular weight excluding hydrogens is 440 g/mol. The maximum atomic E-state index is 13.3. The van der Waals surface area contributed by atoms with Crippen LogP contribution in [0.4, 0.5) is 5.69 Å². The quantitative estimate of drug-likeness (QED) is 0.634. The van der Waals surface area contributed by atoms with Gasteiger partial charge in [-0.2, -0.15) is 4.31 Å². The van der Waals surface area contributed by atoms with E-state index in [9.17, 15) is 13.2 Å². The number of benzene rings is 3. The van der Waals surface area contributed by atoms with Crippen LogP contribution in [0.5, 0.6) is 11.5 Å². The fourth-order valence-electron chi connectivity index (χ4n) is 4.07. The molecule has 1 N–H and O–H groups in total. The van der Waals surface area contributed by atoms with Gasteiger partial charge in [0, 0.05) is 36.8 Å². The van der Waals surface area contributed by atoms with Crippen molar-refractivity contribution < 1.29 is 22.7 Å². The van der Waals surface area contributed by atoms with E-state index in [1.54, 1.807) is 30.3 Å². The summed E-state index contributed by atoms with van der Waals surface area (Å²) in [6.45, 7) is 1.87. The van der Waals surface area contributed by atoms with Gasteiger partial charge in [-0.05, 0) is 47.9 Å². The van der Waals surface area contributed by atoms with Gasteiger partial charge in [-0.3, -0.25) is 4.79 Å². The molecule has 5 rings (SSSR count). The van der Waals surface area contributed by atoms with E-state index in [0.717, 1.165) is 12.0 Å². The largest absolute Gasteiger partial charge is 0.490 e. The van der Waals surface area contributed by atoms with Gasteiger partial charge in [-0.1, -0.05) is 30.3 Å². The molecule has 170 valence electrons. The van der Waals surface area contributed by atoms with E-state index in [1.165, 1.54) is 22.0 Å². The van der Waals surface area contributed by atoms with Crippen LogP contribution in [0.25, 0.3) is 0 Å². The van der Waals surface area contributed by atoms with Gasteiger partial charge in [0.15, 0.2) is 11.5 Å². The van der Waals surface area contributed by atoms with Gasteiger partial charge in [0.1, 0.15) is 0 Å². The molecule has 0 aliphatic carbocycles. The van der Waals surface area contributed by atoms with Crippen LogP contribution in [0, 0.1) is 0 Å². The Labute approximate surface area is 193 Å². The molecule has 2 aliphatic heterocycles. The van der Waals surface area contributed by atoms with Crippen molar-refractivity contribution in [1.29, 1.82) is 0 Å². The summed E-state index contributed by atoms with van der Waals surface area (Å²) in [5.74, 6) is 0.819. The van der Waals surface area contributed by atoms with E-state index in [1.807, 2.05) is 24.3 Å². The van der Waals surface area contributed by atoms with Gasteiger partial charge < -0.3 is 14.8 Å².